The summed E-state index contributed by atoms with van der Waals surface area (Å²) in [4.78, 5) is 12.5. The van der Waals surface area contributed by atoms with Crippen molar-refractivity contribution in [2.24, 2.45) is 0 Å². The number of anilines is 1. The van der Waals surface area contributed by atoms with Gasteiger partial charge in [-0.15, -0.1) is 24.9 Å². The van der Waals surface area contributed by atoms with E-state index in [9.17, 15) is 18.0 Å². The van der Waals surface area contributed by atoms with E-state index in [1.165, 1.54) is 30.0 Å². The number of carbonyl (C=O) groups excluding carboxylic acids is 1. The number of carbonyl (C=O) groups is 1. The molecule has 0 fully saturated rings. The van der Waals surface area contributed by atoms with E-state index in [4.69, 9.17) is 0 Å². The first kappa shape index (κ1) is 19.5. The fraction of sp³-hybridized carbons (Fsp3) is 0.533. The molecule has 0 aliphatic heterocycles. The normalized spacial score (nSPS) is 12.0. The van der Waals surface area contributed by atoms with Gasteiger partial charge < -0.3 is 15.4 Å². The molecular formula is C15H21F3N2O2S. The molecule has 0 radical (unpaired) electrons. The lowest BCUT2D eigenvalue weighted by atomic mass is 10.1. The average molecular weight is 350 g/mol. The second-order valence-corrected chi connectivity index (χ2v) is 7.02. The number of hydrogen-bond donors (Lipinski definition) is 2. The van der Waals surface area contributed by atoms with Crippen molar-refractivity contribution < 1.29 is 22.7 Å². The highest BCUT2D eigenvalue weighted by atomic mass is 32.2. The second kappa shape index (κ2) is 7.81. The van der Waals surface area contributed by atoms with Crippen LogP contribution in [0.25, 0.3) is 0 Å². The van der Waals surface area contributed by atoms with Crippen LogP contribution in [0.3, 0.4) is 0 Å². The van der Waals surface area contributed by atoms with Crippen LogP contribution in [0.4, 0.5) is 23.7 Å². The summed E-state index contributed by atoms with van der Waals surface area (Å²) in [6.45, 7) is 7.46. The summed E-state index contributed by atoms with van der Waals surface area (Å²) in [5.41, 5.74) is 0.0277. The SMILES string of the molecule is CCCSc1cc(OC(F)(F)F)ccc1NC(=O)NC(C)(C)C. The minimum Gasteiger partial charge on any atom is -0.406 e. The van der Waals surface area contributed by atoms with Gasteiger partial charge in [0.2, 0.25) is 0 Å². The Morgan fingerprint density at radius 2 is 1.91 bits per heavy atom. The third-order valence-corrected chi connectivity index (χ3v) is 3.65. The summed E-state index contributed by atoms with van der Waals surface area (Å²) in [5, 5.41) is 5.39. The maximum Gasteiger partial charge on any atom is 0.573 e. The lowest BCUT2D eigenvalue weighted by Gasteiger charge is -2.21. The highest BCUT2D eigenvalue weighted by Gasteiger charge is 2.31. The van der Waals surface area contributed by atoms with Gasteiger partial charge in [-0.3, -0.25) is 0 Å². The van der Waals surface area contributed by atoms with Gasteiger partial charge in [0, 0.05) is 10.4 Å². The van der Waals surface area contributed by atoms with Gasteiger partial charge in [-0.1, -0.05) is 6.92 Å². The molecule has 23 heavy (non-hydrogen) atoms. The van der Waals surface area contributed by atoms with Crippen LogP contribution in [0.15, 0.2) is 23.1 Å². The predicted molar refractivity (Wildman–Crippen MR) is 86.0 cm³/mol. The molecule has 2 N–H and O–H groups in total. The van der Waals surface area contributed by atoms with Crippen LogP contribution < -0.4 is 15.4 Å². The second-order valence-electron chi connectivity index (χ2n) is 5.88. The van der Waals surface area contributed by atoms with E-state index in [1.807, 2.05) is 27.7 Å². The maximum atomic E-state index is 12.3. The van der Waals surface area contributed by atoms with Crippen molar-refractivity contribution in [1.29, 1.82) is 0 Å². The van der Waals surface area contributed by atoms with E-state index in [0.717, 1.165) is 6.42 Å². The van der Waals surface area contributed by atoms with Crippen LogP contribution >= 0.6 is 11.8 Å². The summed E-state index contributed by atoms with van der Waals surface area (Å²) in [6, 6.07) is 3.44. The average Bonchev–Trinajstić information content (AvgIpc) is 2.34. The predicted octanol–water partition coefficient (Wildman–Crippen LogP) is 5.01. The number of rotatable bonds is 5. The van der Waals surface area contributed by atoms with Crippen molar-refractivity contribution in [1.82, 2.24) is 5.32 Å². The fourth-order valence-electron chi connectivity index (χ4n) is 1.63. The van der Waals surface area contributed by atoms with Crippen LogP contribution in [0, 0.1) is 0 Å². The maximum absolute atomic E-state index is 12.3. The molecule has 0 aliphatic rings. The summed E-state index contributed by atoms with van der Waals surface area (Å²) in [7, 11) is 0. The van der Waals surface area contributed by atoms with Gasteiger partial charge in [0.25, 0.3) is 0 Å². The summed E-state index contributed by atoms with van der Waals surface area (Å²) in [5.74, 6) is 0.406. The monoisotopic (exact) mass is 350 g/mol. The number of amides is 2. The lowest BCUT2D eigenvalue weighted by molar-refractivity contribution is -0.274. The van der Waals surface area contributed by atoms with Crippen molar-refractivity contribution in [2.75, 3.05) is 11.1 Å². The van der Waals surface area contributed by atoms with E-state index >= 15 is 0 Å². The summed E-state index contributed by atoms with van der Waals surface area (Å²) >= 11 is 1.36. The van der Waals surface area contributed by atoms with Gasteiger partial charge in [-0.05, 0) is 51.1 Å². The molecule has 0 heterocycles. The lowest BCUT2D eigenvalue weighted by Crippen LogP contribution is -2.43. The first-order valence-electron chi connectivity index (χ1n) is 7.12. The first-order valence-corrected chi connectivity index (χ1v) is 8.10. The Hall–Kier alpha value is -1.57. The Kier molecular flexibility index (Phi) is 6.61. The van der Waals surface area contributed by atoms with Gasteiger partial charge in [0.15, 0.2) is 0 Å². The molecule has 1 rings (SSSR count). The zero-order valence-corrected chi connectivity index (χ0v) is 14.3. The highest BCUT2D eigenvalue weighted by molar-refractivity contribution is 7.99. The molecule has 4 nitrogen and oxygen atoms in total. The first-order chi connectivity index (χ1) is 10.5. The van der Waals surface area contributed by atoms with E-state index in [1.54, 1.807) is 0 Å². The van der Waals surface area contributed by atoms with Gasteiger partial charge in [-0.25, -0.2) is 4.79 Å². The molecule has 2 amide bonds. The molecule has 1 aromatic rings. The summed E-state index contributed by atoms with van der Waals surface area (Å²) in [6.07, 6.45) is -3.89. The van der Waals surface area contributed by atoms with E-state index < -0.39 is 17.9 Å². The molecule has 8 heteroatoms. The van der Waals surface area contributed by atoms with E-state index in [-0.39, 0.29) is 5.75 Å². The van der Waals surface area contributed by atoms with Gasteiger partial charge in [0.1, 0.15) is 5.75 Å². The minimum absolute atomic E-state index is 0.308. The molecule has 0 saturated carbocycles. The smallest absolute Gasteiger partial charge is 0.406 e. The van der Waals surface area contributed by atoms with Crippen molar-refractivity contribution in [3.63, 3.8) is 0 Å². The van der Waals surface area contributed by atoms with E-state index in [0.29, 0.717) is 16.3 Å². The standard InChI is InChI=1S/C15H21F3N2O2S/c1-5-8-23-12-9-10(22-15(16,17)18)6-7-11(12)19-13(21)20-14(2,3)4/h6-7,9H,5,8H2,1-4H3,(H2,19,20,21). The zero-order valence-electron chi connectivity index (χ0n) is 13.5. The third kappa shape index (κ3) is 8.01. The van der Waals surface area contributed by atoms with Crippen molar-refractivity contribution >= 4 is 23.5 Å². The van der Waals surface area contributed by atoms with Gasteiger partial charge in [0.05, 0.1) is 5.69 Å². The van der Waals surface area contributed by atoms with Crippen LogP contribution in [0.2, 0.25) is 0 Å². The Morgan fingerprint density at radius 3 is 2.43 bits per heavy atom. The number of nitrogens with one attached hydrogen (secondary N) is 2. The van der Waals surface area contributed by atoms with Crippen LogP contribution in [0.1, 0.15) is 34.1 Å². The molecule has 0 spiro atoms. The van der Waals surface area contributed by atoms with Gasteiger partial charge >= 0.3 is 12.4 Å². The number of urea groups is 1. The largest absolute Gasteiger partial charge is 0.573 e. The van der Waals surface area contributed by atoms with Crippen molar-refractivity contribution in [3.05, 3.63) is 18.2 Å². The molecule has 0 unspecified atom stereocenters. The number of benzene rings is 1. The Labute approximate surface area is 138 Å². The molecule has 0 aromatic heterocycles. The number of alkyl halides is 3. The van der Waals surface area contributed by atoms with E-state index in [2.05, 4.69) is 15.4 Å². The Bertz CT molecular complexity index is 543. The Morgan fingerprint density at radius 1 is 1.26 bits per heavy atom. The minimum atomic E-state index is -4.74. The topological polar surface area (TPSA) is 50.4 Å². The molecule has 0 saturated heterocycles. The van der Waals surface area contributed by atoms with Gasteiger partial charge in [-0.2, -0.15) is 0 Å². The number of hydrogen-bond acceptors (Lipinski definition) is 3. The summed E-state index contributed by atoms with van der Waals surface area (Å²) < 4.78 is 40.9. The fourth-order valence-corrected chi connectivity index (χ4v) is 2.53. The quantitative estimate of drug-likeness (QED) is 0.734. The molecule has 0 bridgehead atoms. The third-order valence-electron chi connectivity index (χ3n) is 2.39. The molecule has 1 aromatic carbocycles. The number of thioether (sulfide) groups is 1. The van der Waals surface area contributed by atoms with Crippen LogP contribution in [-0.4, -0.2) is 23.7 Å². The van der Waals surface area contributed by atoms with Crippen LogP contribution in [0.5, 0.6) is 5.75 Å². The highest BCUT2D eigenvalue weighted by Crippen LogP contribution is 2.33. The van der Waals surface area contributed by atoms with Crippen LogP contribution in [-0.2, 0) is 0 Å². The van der Waals surface area contributed by atoms with Crippen molar-refractivity contribution in [2.45, 2.75) is 50.9 Å². The molecule has 0 aliphatic carbocycles. The number of ether oxygens (including phenoxy) is 1. The molecule has 0 atom stereocenters. The number of halogens is 3. The zero-order chi connectivity index (χ0) is 17.7. The molecule has 130 valence electrons. The Balaban J connectivity index is 2.94. The molecular weight excluding hydrogens is 329 g/mol. The van der Waals surface area contributed by atoms with Crippen molar-refractivity contribution in [3.8, 4) is 5.75 Å².